The van der Waals surface area contributed by atoms with E-state index in [4.69, 9.17) is 26.0 Å². The Balaban J connectivity index is 0.000000179. The zero-order chi connectivity index (χ0) is 35.3. The number of hydrogen-bond donors (Lipinski definition) is 5. The van der Waals surface area contributed by atoms with Crippen molar-refractivity contribution in [2.45, 2.75) is 19.5 Å². The number of nitrogens with zero attached hydrogens (tertiary/aromatic N) is 8. The van der Waals surface area contributed by atoms with Crippen LogP contribution in [0.1, 0.15) is 11.1 Å². The number of aromatic nitrogens is 8. The Morgan fingerprint density at radius 2 is 1.16 bits per heavy atom. The summed E-state index contributed by atoms with van der Waals surface area (Å²) in [7, 11) is -1.89. The highest BCUT2D eigenvalue weighted by Crippen LogP contribution is 2.24. The summed E-state index contributed by atoms with van der Waals surface area (Å²) >= 11 is 0. The lowest BCUT2D eigenvalue weighted by Gasteiger charge is -2.07. The van der Waals surface area contributed by atoms with Gasteiger partial charge in [0.25, 0.3) is 0 Å². The Morgan fingerprint density at radius 3 is 1.71 bits per heavy atom. The summed E-state index contributed by atoms with van der Waals surface area (Å²) < 4.78 is 51.6. The van der Waals surface area contributed by atoms with Crippen molar-refractivity contribution in [3.05, 3.63) is 119 Å². The highest BCUT2D eigenvalue weighted by molar-refractivity contribution is 6.58. The number of hydrogen-bond acceptors (Lipinski definition) is 11. The van der Waals surface area contributed by atoms with Crippen molar-refractivity contribution in [1.82, 2.24) is 40.4 Å². The molecule has 2 heterocycles. The predicted molar refractivity (Wildman–Crippen MR) is 170 cm³/mol. The molecule has 6 aromatic rings. The predicted octanol–water partition coefficient (Wildman–Crippen LogP) is 1.76. The standard InChI is InChI=1S/C16H14F2N4O.C9H11N5O.C6H5BF2O2/c17-13-6-5-12(15(18)10-13)9-11-3-1-2-4-14(11)16-19-21-22(20-16)7-8-23;10-8-4-2-1-3-7(8)9-11-13-14(12-9)5-6-15;8-4-1-2-5(7(10)11)6(9)3-4/h1-6,10,23H,7-9H2;1-4,15H,5-6,10H2;1-3,10-11H. The molecule has 6 rings (SSSR count). The lowest BCUT2D eigenvalue weighted by molar-refractivity contribution is 0.259. The number of para-hydroxylation sites is 1. The molecule has 0 unspecified atom stereocenters. The summed E-state index contributed by atoms with van der Waals surface area (Å²) in [6.07, 6.45) is 0.289. The molecule has 254 valence electrons. The first-order chi connectivity index (χ1) is 23.6. The topological polar surface area (TPSA) is 194 Å². The monoisotopic (exact) mass is 679 g/mol. The summed E-state index contributed by atoms with van der Waals surface area (Å²) in [5.41, 5.74) is 8.73. The molecule has 0 bridgehead atoms. The van der Waals surface area contributed by atoms with Gasteiger partial charge in [-0.05, 0) is 45.8 Å². The molecule has 0 amide bonds. The van der Waals surface area contributed by atoms with Crippen LogP contribution in [-0.2, 0) is 19.5 Å². The molecule has 4 aromatic carbocycles. The van der Waals surface area contributed by atoms with E-state index in [0.717, 1.165) is 34.9 Å². The van der Waals surface area contributed by atoms with Crippen molar-refractivity contribution in [3.8, 4) is 22.8 Å². The number of rotatable bonds is 9. The number of nitrogen functional groups attached to an aromatic ring is 1. The average molecular weight is 679 g/mol. The fraction of sp³-hybridized carbons (Fsp3) is 0.161. The first-order valence-electron chi connectivity index (χ1n) is 14.5. The summed E-state index contributed by atoms with van der Waals surface area (Å²) in [6.45, 7) is 0.486. The van der Waals surface area contributed by atoms with Crippen molar-refractivity contribution in [2.75, 3.05) is 18.9 Å². The number of nitrogens with two attached hydrogens (primary N) is 1. The molecule has 0 saturated carbocycles. The van der Waals surface area contributed by atoms with E-state index in [-0.39, 0.29) is 31.6 Å². The fourth-order valence-electron chi connectivity index (χ4n) is 4.24. The van der Waals surface area contributed by atoms with Gasteiger partial charge in [0.2, 0.25) is 11.6 Å². The van der Waals surface area contributed by atoms with Crippen molar-refractivity contribution < 1.29 is 37.8 Å². The van der Waals surface area contributed by atoms with E-state index >= 15 is 0 Å². The lowest BCUT2D eigenvalue weighted by Crippen LogP contribution is -2.32. The Labute approximate surface area is 277 Å². The van der Waals surface area contributed by atoms with Crippen molar-refractivity contribution >= 4 is 18.3 Å². The van der Waals surface area contributed by atoms with Gasteiger partial charge in [0.05, 0.1) is 26.3 Å². The SMILES string of the molecule is Nc1ccccc1-c1nnn(CCO)n1.OB(O)c1ccc(F)cc1F.OCCn1nnc(-c2ccccc2Cc2ccc(F)cc2F)n1. The van der Waals surface area contributed by atoms with E-state index in [1.54, 1.807) is 6.07 Å². The second-order valence-corrected chi connectivity index (χ2v) is 10.1. The number of halogens is 4. The van der Waals surface area contributed by atoms with Crippen LogP contribution < -0.4 is 11.2 Å². The van der Waals surface area contributed by atoms with Gasteiger partial charge in [-0.15, -0.1) is 20.4 Å². The molecule has 0 spiro atoms. The van der Waals surface area contributed by atoms with E-state index in [2.05, 4.69) is 30.8 Å². The Hall–Kier alpha value is -5.56. The van der Waals surface area contributed by atoms with Gasteiger partial charge < -0.3 is 26.0 Å². The minimum Gasteiger partial charge on any atom is -0.423 e. The summed E-state index contributed by atoms with van der Waals surface area (Å²) in [5, 5.41) is 58.3. The maximum atomic E-state index is 13.9. The molecule has 0 aliphatic rings. The molecular weight excluding hydrogens is 649 g/mol. The minimum atomic E-state index is -1.89. The van der Waals surface area contributed by atoms with Gasteiger partial charge >= 0.3 is 7.12 Å². The van der Waals surface area contributed by atoms with E-state index in [1.165, 1.54) is 21.7 Å². The Morgan fingerprint density at radius 1 is 0.633 bits per heavy atom. The van der Waals surface area contributed by atoms with Crippen molar-refractivity contribution in [2.24, 2.45) is 0 Å². The molecular formula is C31H30BF4N9O4. The van der Waals surface area contributed by atoms with Gasteiger partial charge in [0.1, 0.15) is 23.3 Å². The first-order valence-corrected chi connectivity index (χ1v) is 14.5. The molecule has 13 nitrogen and oxygen atoms in total. The van der Waals surface area contributed by atoms with E-state index in [1.807, 2.05) is 42.5 Å². The summed E-state index contributed by atoms with van der Waals surface area (Å²) in [4.78, 5) is 2.63. The molecule has 0 fully saturated rings. The van der Waals surface area contributed by atoms with Crippen LogP contribution >= 0.6 is 0 Å². The molecule has 0 saturated heterocycles. The van der Waals surface area contributed by atoms with Crippen LogP contribution in [0.3, 0.4) is 0 Å². The van der Waals surface area contributed by atoms with Crippen LogP contribution in [0.25, 0.3) is 22.8 Å². The molecule has 2 aromatic heterocycles. The van der Waals surface area contributed by atoms with E-state index in [9.17, 15) is 17.6 Å². The van der Waals surface area contributed by atoms with Crippen molar-refractivity contribution in [3.63, 3.8) is 0 Å². The highest BCUT2D eigenvalue weighted by atomic mass is 19.1. The number of aliphatic hydroxyl groups is 2. The molecule has 0 radical (unpaired) electrons. The molecule has 49 heavy (non-hydrogen) atoms. The third-order valence-corrected chi connectivity index (χ3v) is 6.60. The number of benzene rings is 4. The van der Waals surface area contributed by atoms with Gasteiger partial charge in [0, 0.05) is 40.8 Å². The zero-order valence-corrected chi connectivity index (χ0v) is 25.7. The average Bonchev–Trinajstić information content (AvgIpc) is 3.74. The second-order valence-electron chi connectivity index (χ2n) is 10.1. The highest BCUT2D eigenvalue weighted by Gasteiger charge is 2.16. The first kappa shape index (κ1) is 36.3. The van der Waals surface area contributed by atoms with Crippen LogP contribution in [0, 0.1) is 23.3 Å². The Bertz CT molecular complexity index is 1960. The quantitative estimate of drug-likeness (QED) is 0.0850. The normalized spacial score (nSPS) is 10.5. The van der Waals surface area contributed by atoms with Gasteiger partial charge in [-0.3, -0.25) is 0 Å². The molecule has 0 aliphatic carbocycles. The largest absolute Gasteiger partial charge is 0.491 e. The molecule has 0 atom stereocenters. The maximum Gasteiger partial charge on any atom is 0.491 e. The van der Waals surface area contributed by atoms with Gasteiger partial charge in [-0.25, -0.2) is 17.6 Å². The molecule has 18 heteroatoms. The minimum absolute atomic E-state index is 0.0138. The second kappa shape index (κ2) is 17.6. The molecule has 6 N–H and O–H groups in total. The summed E-state index contributed by atoms with van der Waals surface area (Å²) in [5.74, 6) is -2.02. The van der Waals surface area contributed by atoms with Crippen LogP contribution in [0.4, 0.5) is 23.2 Å². The van der Waals surface area contributed by atoms with E-state index in [0.29, 0.717) is 35.5 Å². The van der Waals surface area contributed by atoms with Crippen LogP contribution in [0.2, 0.25) is 0 Å². The molecule has 0 aliphatic heterocycles. The third-order valence-electron chi connectivity index (χ3n) is 6.60. The number of aliphatic hydroxyl groups excluding tert-OH is 2. The number of anilines is 1. The van der Waals surface area contributed by atoms with Gasteiger partial charge in [-0.2, -0.15) is 9.59 Å². The maximum absolute atomic E-state index is 13.9. The third kappa shape index (κ3) is 10.2. The zero-order valence-electron chi connectivity index (χ0n) is 25.7. The lowest BCUT2D eigenvalue weighted by atomic mass is 9.80. The fourth-order valence-corrected chi connectivity index (χ4v) is 4.24. The smallest absolute Gasteiger partial charge is 0.423 e. The van der Waals surface area contributed by atoms with Crippen LogP contribution in [0.15, 0.2) is 84.9 Å². The number of tetrazole rings is 2. The van der Waals surface area contributed by atoms with E-state index < -0.39 is 30.4 Å². The van der Waals surface area contributed by atoms with Crippen LogP contribution in [0.5, 0.6) is 0 Å². The summed E-state index contributed by atoms with van der Waals surface area (Å²) in [6, 6.07) is 20.7. The van der Waals surface area contributed by atoms with Crippen molar-refractivity contribution in [1.29, 1.82) is 0 Å². The van der Waals surface area contributed by atoms with Crippen LogP contribution in [-0.4, -0.2) is 81.0 Å². The van der Waals surface area contributed by atoms with Gasteiger partial charge in [0.15, 0.2) is 0 Å². The van der Waals surface area contributed by atoms with Gasteiger partial charge in [-0.1, -0.05) is 48.5 Å². The Kier molecular flexibility index (Phi) is 13.0.